The van der Waals surface area contributed by atoms with Gasteiger partial charge in [-0.05, 0) is 101 Å². The molecular formula is C52H31N5. The van der Waals surface area contributed by atoms with E-state index < -0.39 is 0 Å². The lowest BCUT2D eigenvalue weighted by Crippen LogP contribution is -2.03. The molecule has 0 saturated heterocycles. The minimum Gasteiger partial charge on any atom is -0.309 e. The summed E-state index contributed by atoms with van der Waals surface area (Å²) in [6.45, 7) is 18.1. The molecule has 5 heteroatoms. The summed E-state index contributed by atoms with van der Waals surface area (Å²) in [5.74, 6) is 0. The first-order valence-corrected chi connectivity index (χ1v) is 18.7. The molecule has 10 aromatic rings. The third-order valence-electron chi connectivity index (χ3n) is 11.2. The fourth-order valence-corrected chi connectivity index (χ4v) is 8.63. The standard InChI is InChI=1S/C52H31N5/c1-33-13-12-22-51(57-47-21-11-8-18-41(47)42-29-34(23-26-49(42)57)38-15-5-4-14-36(38)32-53)52(33)44-31-37(54-2)25-28-50(44)56-46-20-10-7-17-40(46)43-30-35(24-27-48(43)56)39-16-6-9-19-45(39)55-3/h4-31H,1H3. The number of benzene rings is 8. The number of para-hydroxylation sites is 3. The van der Waals surface area contributed by atoms with E-state index in [9.17, 15) is 5.26 Å². The second kappa shape index (κ2) is 13.3. The molecule has 10 rings (SSSR count). The minimum atomic E-state index is 0.560. The van der Waals surface area contributed by atoms with Gasteiger partial charge in [0.05, 0.1) is 58.2 Å². The first-order valence-electron chi connectivity index (χ1n) is 18.7. The van der Waals surface area contributed by atoms with E-state index in [0.717, 1.165) is 93.9 Å². The first-order chi connectivity index (χ1) is 28.1. The second-order valence-corrected chi connectivity index (χ2v) is 14.2. The molecule has 0 radical (unpaired) electrons. The van der Waals surface area contributed by atoms with Crippen molar-refractivity contribution in [2.75, 3.05) is 0 Å². The van der Waals surface area contributed by atoms with Crippen molar-refractivity contribution >= 4 is 55.0 Å². The number of hydrogen-bond donors (Lipinski definition) is 0. The van der Waals surface area contributed by atoms with E-state index in [-0.39, 0.29) is 0 Å². The summed E-state index contributed by atoms with van der Waals surface area (Å²) in [5, 5.41) is 14.3. The van der Waals surface area contributed by atoms with Crippen molar-refractivity contribution in [2.45, 2.75) is 6.92 Å². The molecule has 0 spiro atoms. The van der Waals surface area contributed by atoms with Gasteiger partial charge in [0.15, 0.2) is 11.4 Å². The molecule has 5 nitrogen and oxygen atoms in total. The fraction of sp³-hybridized carbons (Fsp3) is 0.0192. The number of aromatic nitrogens is 2. The third kappa shape index (κ3) is 5.21. The van der Waals surface area contributed by atoms with Gasteiger partial charge in [-0.3, -0.25) is 0 Å². The largest absolute Gasteiger partial charge is 0.309 e. The number of aryl methyl sites for hydroxylation is 1. The quantitative estimate of drug-likeness (QED) is 0.163. The molecule has 0 aliphatic rings. The van der Waals surface area contributed by atoms with Gasteiger partial charge < -0.3 is 9.13 Å². The maximum Gasteiger partial charge on any atom is 0.194 e. The highest BCUT2D eigenvalue weighted by Gasteiger charge is 2.23. The van der Waals surface area contributed by atoms with E-state index in [1.165, 1.54) is 0 Å². The number of nitrogens with zero attached hydrogens (tertiary/aromatic N) is 5. The van der Waals surface area contributed by atoms with Gasteiger partial charge in [-0.1, -0.05) is 109 Å². The van der Waals surface area contributed by atoms with Crippen LogP contribution in [0.15, 0.2) is 170 Å². The van der Waals surface area contributed by atoms with Gasteiger partial charge in [0.1, 0.15) is 0 Å². The smallest absolute Gasteiger partial charge is 0.194 e. The Labute approximate surface area is 329 Å². The molecule has 264 valence electrons. The van der Waals surface area contributed by atoms with Gasteiger partial charge in [-0.25, -0.2) is 9.69 Å². The van der Waals surface area contributed by atoms with Crippen molar-refractivity contribution in [2.24, 2.45) is 0 Å². The molecule has 0 aliphatic carbocycles. The number of fused-ring (bicyclic) bond motifs is 6. The average molecular weight is 726 g/mol. The van der Waals surface area contributed by atoms with Gasteiger partial charge in [-0.15, -0.1) is 0 Å². The molecule has 0 bridgehead atoms. The first kappa shape index (κ1) is 33.4. The summed E-state index contributed by atoms with van der Waals surface area (Å²) < 4.78 is 4.66. The van der Waals surface area contributed by atoms with Crippen molar-refractivity contribution in [1.29, 1.82) is 5.26 Å². The van der Waals surface area contributed by atoms with Gasteiger partial charge in [0, 0.05) is 27.1 Å². The molecule has 0 atom stereocenters. The zero-order valence-corrected chi connectivity index (χ0v) is 30.9. The lowest BCUT2D eigenvalue weighted by atomic mass is 9.95. The Balaban J connectivity index is 1.25. The molecule has 0 amide bonds. The predicted molar refractivity (Wildman–Crippen MR) is 233 cm³/mol. The summed E-state index contributed by atoms with van der Waals surface area (Å²) in [5.41, 5.74) is 14.9. The monoisotopic (exact) mass is 725 g/mol. The topological polar surface area (TPSA) is 42.4 Å². The van der Waals surface area contributed by atoms with E-state index in [1.54, 1.807) is 0 Å². The molecule has 2 heterocycles. The molecular weight excluding hydrogens is 695 g/mol. The van der Waals surface area contributed by atoms with E-state index in [4.69, 9.17) is 13.1 Å². The summed E-state index contributed by atoms with van der Waals surface area (Å²) in [4.78, 5) is 7.74. The van der Waals surface area contributed by atoms with Crippen LogP contribution in [0.2, 0.25) is 0 Å². The molecule has 2 aromatic heterocycles. The minimum absolute atomic E-state index is 0.560. The van der Waals surface area contributed by atoms with E-state index in [0.29, 0.717) is 16.9 Å². The highest BCUT2D eigenvalue weighted by molar-refractivity contribution is 6.13. The van der Waals surface area contributed by atoms with Gasteiger partial charge >= 0.3 is 0 Å². The highest BCUT2D eigenvalue weighted by atomic mass is 15.0. The Kier molecular flexibility index (Phi) is 7.79. The van der Waals surface area contributed by atoms with Crippen LogP contribution in [0.4, 0.5) is 11.4 Å². The Morgan fingerprint density at radius 2 is 1.05 bits per heavy atom. The Morgan fingerprint density at radius 3 is 1.72 bits per heavy atom. The van der Waals surface area contributed by atoms with Crippen LogP contribution in [-0.2, 0) is 0 Å². The number of nitriles is 1. The van der Waals surface area contributed by atoms with Gasteiger partial charge in [-0.2, -0.15) is 5.26 Å². The zero-order chi connectivity index (χ0) is 38.6. The van der Waals surface area contributed by atoms with E-state index in [2.05, 4.69) is 141 Å². The lowest BCUT2D eigenvalue weighted by Gasteiger charge is -2.21. The Bertz CT molecular complexity index is 3410. The number of hydrogen-bond acceptors (Lipinski definition) is 1. The highest BCUT2D eigenvalue weighted by Crippen LogP contribution is 2.44. The van der Waals surface area contributed by atoms with Crippen LogP contribution in [0.5, 0.6) is 0 Å². The fourth-order valence-electron chi connectivity index (χ4n) is 8.63. The number of rotatable bonds is 5. The van der Waals surface area contributed by atoms with Crippen LogP contribution in [0.25, 0.3) is 98.1 Å². The summed E-state index contributed by atoms with van der Waals surface area (Å²) in [7, 11) is 0. The van der Waals surface area contributed by atoms with Crippen LogP contribution < -0.4 is 0 Å². The van der Waals surface area contributed by atoms with Crippen molar-refractivity contribution in [1.82, 2.24) is 9.13 Å². The van der Waals surface area contributed by atoms with Crippen LogP contribution in [0, 0.1) is 31.4 Å². The van der Waals surface area contributed by atoms with E-state index >= 15 is 0 Å². The van der Waals surface area contributed by atoms with Crippen molar-refractivity contribution < 1.29 is 0 Å². The summed E-state index contributed by atoms with van der Waals surface area (Å²) in [6, 6.07) is 60.2. The van der Waals surface area contributed by atoms with E-state index in [1.807, 2.05) is 60.7 Å². The zero-order valence-electron chi connectivity index (χ0n) is 30.9. The molecule has 0 fully saturated rings. The molecule has 0 N–H and O–H groups in total. The molecule has 0 aliphatic heterocycles. The molecule has 8 aromatic carbocycles. The lowest BCUT2D eigenvalue weighted by molar-refractivity contribution is 1.15. The Morgan fingerprint density at radius 1 is 0.474 bits per heavy atom. The SMILES string of the molecule is [C-]#[N+]c1ccc(-n2c3ccccc3c3cc(-c4ccccc4[N+]#[C-])ccc32)c(-c2c(C)cccc2-n2c3ccccc3c3cc(-c4ccccc4C#N)ccc32)c1. The average Bonchev–Trinajstić information content (AvgIpc) is 3.78. The van der Waals surface area contributed by atoms with Crippen LogP contribution in [0.1, 0.15) is 11.1 Å². The Hall–Kier alpha value is -8.17. The second-order valence-electron chi connectivity index (χ2n) is 14.2. The maximum absolute atomic E-state index is 9.92. The molecule has 57 heavy (non-hydrogen) atoms. The normalized spacial score (nSPS) is 11.2. The third-order valence-corrected chi connectivity index (χ3v) is 11.2. The van der Waals surface area contributed by atoms with Crippen LogP contribution >= 0.6 is 0 Å². The summed E-state index contributed by atoms with van der Waals surface area (Å²) >= 11 is 0. The van der Waals surface area contributed by atoms with Crippen LogP contribution in [-0.4, -0.2) is 9.13 Å². The predicted octanol–water partition coefficient (Wildman–Crippen LogP) is 14.2. The van der Waals surface area contributed by atoms with Gasteiger partial charge in [0.25, 0.3) is 0 Å². The van der Waals surface area contributed by atoms with Crippen molar-refractivity contribution in [3.8, 4) is 50.8 Å². The van der Waals surface area contributed by atoms with Crippen molar-refractivity contribution in [3.63, 3.8) is 0 Å². The molecule has 0 saturated carbocycles. The summed E-state index contributed by atoms with van der Waals surface area (Å²) in [6.07, 6.45) is 0. The van der Waals surface area contributed by atoms with Gasteiger partial charge in [0.2, 0.25) is 0 Å². The maximum atomic E-state index is 9.92. The van der Waals surface area contributed by atoms with Crippen LogP contribution in [0.3, 0.4) is 0 Å². The van der Waals surface area contributed by atoms with Crippen molar-refractivity contribution in [3.05, 3.63) is 204 Å². The molecule has 0 unspecified atom stereocenters.